The van der Waals surface area contributed by atoms with Crippen molar-refractivity contribution in [3.63, 3.8) is 0 Å². The fraction of sp³-hybridized carbons (Fsp3) is 0.412. The highest BCUT2D eigenvalue weighted by Crippen LogP contribution is 2.21. The molecule has 0 radical (unpaired) electrons. The average Bonchev–Trinajstić information content (AvgIpc) is 2.50. The number of carbonyl (C=O) groups is 1. The third-order valence-corrected chi connectivity index (χ3v) is 3.57. The molecular formula is C17H22N2O2. The Morgan fingerprint density at radius 3 is 2.76 bits per heavy atom. The lowest BCUT2D eigenvalue weighted by molar-refractivity contribution is 0.0928. The Labute approximate surface area is 125 Å². The van der Waals surface area contributed by atoms with Gasteiger partial charge in [-0.25, -0.2) is 4.98 Å². The van der Waals surface area contributed by atoms with E-state index in [-0.39, 0.29) is 17.9 Å². The highest BCUT2D eigenvalue weighted by molar-refractivity contribution is 5.94. The molecule has 1 aromatic carbocycles. The molecule has 0 bridgehead atoms. The number of rotatable bonds is 6. The summed E-state index contributed by atoms with van der Waals surface area (Å²) in [4.78, 5) is 16.6. The Kier molecular flexibility index (Phi) is 4.91. The van der Waals surface area contributed by atoms with Gasteiger partial charge in [0, 0.05) is 18.5 Å². The number of hydrogen-bond donors (Lipinski definition) is 2. The molecule has 4 nitrogen and oxygen atoms in total. The topological polar surface area (TPSA) is 62.2 Å². The number of pyridine rings is 1. The van der Waals surface area contributed by atoms with Crippen LogP contribution in [0.5, 0.6) is 0 Å². The van der Waals surface area contributed by atoms with E-state index < -0.39 is 0 Å². The number of nitrogens with zero attached hydrogens (tertiary/aromatic N) is 1. The van der Waals surface area contributed by atoms with Gasteiger partial charge in [-0.05, 0) is 30.4 Å². The lowest BCUT2D eigenvalue weighted by atomic mass is 9.88. The molecule has 0 aliphatic carbocycles. The molecular weight excluding hydrogens is 264 g/mol. The summed E-state index contributed by atoms with van der Waals surface area (Å²) in [5.41, 5.74) is 1.23. The summed E-state index contributed by atoms with van der Waals surface area (Å²) in [6.45, 7) is 4.91. The molecule has 4 heteroatoms. The minimum atomic E-state index is -0.155. The van der Waals surface area contributed by atoms with Crippen molar-refractivity contribution in [2.45, 2.75) is 26.7 Å². The van der Waals surface area contributed by atoms with Crippen molar-refractivity contribution in [2.75, 3.05) is 13.2 Å². The predicted molar refractivity (Wildman–Crippen MR) is 84.2 cm³/mol. The van der Waals surface area contributed by atoms with Crippen LogP contribution in [0.1, 0.15) is 37.2 Å². The molecule has 1 heterocycles. The monoisotopic (exact) mass is 286 g/mol. The molecule has 0 aliphatic heterocycles. The van der Waals surface area contributed by atoms with Crippen LogP contribution in [0, 0.1) is 5.41 Å². The Bertz CT molecular complexity index is 623. The van der Waals surface area contributed by atoms with Crippen molar-refractivity contribution < 1.29 is 9.90 Å². The van der Waals surface area contributed by atoms with Gasteiger partial charge in [0.2, 0.25) is 0 Å². The molecule has 2 rings (SSSR count). The maximum atomic E-state index is 12.2. The quantitative estimate of drug-likeness (QED) is 0.858. The fourth-order valence-corrected chi connectivity index (χ4v) is 2.25. The van der Waals surface area contributed by atoms with Crippen LogP contribution in [0.3, 0.4) is 0 Å². The SMILES string of the molecule is CC(C)(CCCO)CNC(=O)c1ccc2ccccc2n1. The van der Waals surface area contributed by atoms with Gasteiger partial charge >= 0.3 is 0 Å². The largest absolute Gasteiger partial charge is 0.396 e. The summed E-state index contributed by atoms with van der Waals surface area (Å²) in [5.74, 6) is -0.155. The van der Waals surface area contributed by atoms with E-state index in [1.807, 2.05) is 30.3 Å². The minimum Gasteiger partial charge on any atom is -0.396 e. The van der Waals surface area contributed by atoms with Crippen LogP contribution in [0.15, 0.2) is 36.4 Å². The second-order valence-corrected chi connectivity index (χ2v) is 6.06. The molecule has 0 saturated heterocycles. The summed E-state index contributed by atoms with van der Waals surface area (Å²) in [5, 5.41) is 12.8. The van der Waals surface area contributed by atoms with E-state index in [9.17, 15) is 4.79 Å². The van der Waals surface area contributed by atoms with Gasteiger partial charge in [0.15, 0.2) is 0 Å². The van der Waals surface area contributed by atoms with Crippen molar-refractivity contribution >= 4 is 16.8 Å². The number of fused-ring (bicyclic) bond motifs is 1. The first-order valence-electron chi connectivity index (χ1n) is 7.27. The second kappa shape index (κ2) is 6.68. The van der Waals surface area contributed by atoms with Gasteiger partial charge in [-0.3, -0.25) is 4.79 Å². The number of para-hydroxylation sites is 1. The zero-order valence-electron chi connectivity index (χ0n) is 12.6. The first-order chi connectivity index (χ1) is 10.0. The van der Waals surface area contributed by atoms with Gasteiger partial charge in [0.1, 0.15) is 5.69 Å². The van der Waals surface area contributed by atoms with Crippen LogP contribution < -0.4 is 5.32 Å². The molecule has 21 heavy (non-hydrogen) atoms. The molecule has 0 fully saturated rings. The highest BCUT2D eigenvalue weighted by Gasteiger charge is 2.19. The van der Waals surface area contributed by atoms with E-state index >= 15 is 0 Å². The molecule has 0 unspecified atom stereocenters. The summed E-state index contributed by atoms with van der Waals surface area (Å²) in [6.07, 6.45) is 1.62. The average molecular weight is 286 g/mol. The smallest absolute Gasteiger partial charge is 0.269 e. The van der Waals surface area contributed by atoms with E-state index in [1.54, 1.807) is 6.07 Å². The van der Waals surface area contributed by atoms with Crippen molar-refractivity contribution in [1.29, 1.82) is 0 Å². The van der Waals surface area contributed by atoms with Crippen LogP contribution in [0.25, 0.3) is 10.9 Å². The molecule has 0 saturated carbocycles. The third kappa shape index (κ3) is 4.26. The summed E-state index contributed by atoms with van der Waals surface area (Å²) >= 11 is 0. The lowest BCUT2D eigenvalue weighted by Gasteiger charge is -2.24. The highest BCUT2D eigenvalue weighted by atomic mass is 16.2. The molecule has 0 aliphatic rings. The first kappa shape index (κ1) is 15.4. The van der Waals surface area contributed by atoms with Crippen molar-refractivity contribution in [3.05, 3.63) is 42.1 Å². The van der Waals surface area contributed by atoms with Gasteiger partial charge in [-0.15, -0.1) is 0 Å². The normalized spacial score (nSPS) is 11.6. The minimum absolute atomic E-state index is 0.0325. The summed E-state index contributed by atoms with van der Waals surface area (Å²) < 4.78 is 0. The first-order valence-corrected chi connectivity index (χ1v) is 7.27. The second-order valence-electron chi connectivity index (χ2n) is 6.06. The number of amides is 1. The Hall–Kier alpha value is -1.94. The molecule has 1 aromatic heterocycles. The number of hydrogen-bond acceptors (Lipinski definition) is 3. The standard InChI is InChI=1S/C17H22N2O2/c1-17(2,10-5-11-20)12-18-16(21)15-9-8-13-6-3-4-7-14(13)19-15/h3-4,6-9,20H,5,10-12H2,1-2H3,(H,18,21). The summed E-state index contributed by atoms with van der Waals surface area (Å²) in [7, 11) is 0. The Morgan fingerprint density at radius 1 is 1.24 bits per heavy atom. The molecule has 1 amide bonds. The number of carbonyl (C=O) groups excluding carboxylic acids is 1. The van der Waals surface area contributed by atoms with Gasteiger partial charge in [0.05, 0.1) is 5.52 Å². The van der Waals surface area contributed by atoms with E-state index in [0.29, 0.717) is 12.2 Å². The van der Waals surface area contributed by atoms with E-state index in [1.165, 1.54) is 0 Å². The van der Waals surface area contributed by atoms with E-state index in [4.69, 9.17) is 5.11 Å². The maximum Gasteiger partial charge on any atom is 0.269 e. The van der Waals surface area contributed by atoms with Gasteiger partial charge in [0.25, 0.3) is 5.91 Å². The van der Waals surface area contributed by atoms with Crippen LogP contribution in [-0.2, 0) is 0 Å². The van der Waals surface area contributed by atoms with Gasteiger partial charge < -0.3 is 10.4 Å². The van der Waals surface area contributed by atoms with Crippen LogP contribution in [0.2, 0.25) is 0 Å². The van der Waals surface area contributed by atoms with Crippen LogP contribution in [0.4, 0.5) is 0 Å². The van der Waals surface area contributed by atoms with E-state index in [0.717, 1.165) is 23.7 Å². The summed E-state index contributed by atoms with van der Waals surface area (Å²) in [6, 6.07) is 11.4. The van der Waals surface area contributed by atoms with Gasteiger partial charge in [-0.1, -0.05) is 38.1 Å². The zero-order chi connectivity index (χ0) is 15.3. The maximum absolute atomic E-state index is 12.2. The van der Waals surface area contributed by atoms with Crippen molar-refractivity contribution in [2.24, 2.45) is 5.41 Å². The number of aromatic nitrogens is 1. The van der Waals surface area contributed by atoms with Crippen molar-refractivity contribution in [3.8, 4) is 0 Å². The molecule has 0 spiro atoms. The Balaban J connectivity index is 2.02. The van der Waals surface area contributed by atoms with Crippen LogP contribution >= 0.6 is 0 Å². The molecule has 2 N–H and O–H groups in total. The lowest BCUT2D eigenvalue weighted by Crippen LogP contribution is -2.34. The van der Waals surface area contributed by atoms with Gasteiger partial charge in [-0.2, -0.15) is 0 Å². The van der Waals surface area contributed by atoms with Crippen LogP contribution in [-0.4, -0.2) is 29.1 Å². The zero-order valence-corrected chi connectivity index (χ0v) is 12.6. The third-order valence-electron chi connectivity index (χ3n) is 3.57. The Morgan fingerprint density at radius 2 is 2.00 bits per heavy atom. The predicted octanol–water partition coefficient (Wildman–Crippen LogP) is 2.76. The molecule has 2 aromatic rings. The van der Waals surface area contributed by atoms with Crippen molar-refractivity contribution in [1.82, 2.24) is 10.3 Å². The number of nitrogens with one attached hydrogen (secondary N) is 1. The van der Waals surface area contributed by atoms with E-state index in [2.05, 4.69) is 24.1 Å². The fourth-order valence-electron chi connectivity index (χ4n) is 2.25. The number of aliphatic hydroxyl groups is 1. The number of aliphatic hydroxyl groups excluding tert-OH is 1. The number of benzene rings is 1. The molecule has 112 valence electrons. The molecule has 0 atom stereocenters.